The molecule has 0 aliphatic carbocycles. The number of anilines is 1. The van der Waals surface area contributed by atoms with E-state index in [9.17, 15) is 14.4 Å². The quantitative estimate of drug-likeness (QED) is 0.471. The fourth-order valence-corrected chi connectivity index (χ4v) is 4.20. The standard InChI is InChI=1S/C24H28N4O6/c1-27-14-15(10-19(27)24(31)33-3)26-22(29)7-5-9-34-21-12-18-17(11-20(21)32-2)23(30)28-8-4-6-16(28)13-25-18/h10-14,16H,4-9H2,1-3H3,(H,26,29)/t16-/m0/s1. The van der Waals surface area contributed by atoms with E-state index in [1.54, 1.807) is 36.0 Å². The lowest BCUT2D eigenvalue weighted by Gasteiger charge is -2.20. The lowest BCUT2D eigenvalue weighted by atomic mass is 10.1. The number of nitrogens with one attached hydrogen (secondary N) is 1. The Hall–Kier alpha value is -3.82. The first kappa shape index (κ1) is 23.3. The molecule has 1 saturated heterocycles. The van der Waals surface area contributed by atoms with Crippen molar-refractivity contribution in [1.82, 2.24) is 9.47 Å². The first-order valence-corrected chi connectivity index (χ1v) is 11.2. The van der Waals surface area contributed by atoms with Crippen molar-refractivity contribution in [2.75, 3.05) is 32.7 Å². The molecule has 2 amide bonds. The molecule has 2 aliphatic heterocycles. The molecule has 34 heavy (non-hydrogen) atoms. The predicted octanol–water partition coefficient (Wildman–Crippen LogP) is 2.94. The molecule has 1 aromatic carbocycles. The molecule has 2 aromatic rings. The first-order chi connectivity index (χ1) is 16.4. The summed E-state index contributed by atoms with van der Waals surface area (Å²) in [5, 5.41) is 2.77. The highest BCUT2D eigenvalue weighted by Gasteiger charge is 2.32. The average Bonchev–Trinajstić information content (AvgIpc) is 3.42. The molecule has 10 heteroatoms. The summed E-state index contributed by atoms with van der Waals surface area (Å²) in [6, 6.07) is 4.98. The van der Waals surface area contributed by atoms with Crippen LogP contribution in [0.1, 0.15) is 46.5 Å². The van der Waals surface area contributed by atoms with Crippen LogP contribution in [0.5, 0.6) is 11.5 Å². The summed E-state index contributed by atoms with van der Waals surface area (Å²) in [6.45, 7) is 1.00. The summed E-state index contributed by atoms with van der Waals surface area (Å²) in [6.07, 6.45) is 6.04. The summed E-state index contributed by atoms with van der Waals surface area (Å²) >= 11 is 0. The number of aromatic nitrogens is 1. The number of amides is 2. The van der Waals surface area contributed by atoms with Gasteiger partial charge < -0.3 is 29.0 Å². The van der Waals surface area contributed by atoms with Crippen LogP contribution in [0.3, 0.4) is 0 Å². The molecule has 0 spiro atoms. The van der Waals surface area contributed by atoms with E-state index in [2.05, 4.69) is 10.3 Å². The van der Waals surface area contributed by atoms with Crippen LogP contribution < -0.4 is 14.8 Å². The predicted molar refractivity (Wildman–Crippen MR) is 125 cm³/mol. The number of ether oxygens (including phenoxy) is 3. The van der Waals surface area contributed by atoms with Crippen molar-refractivity contribution in [2.24, 2.45) is 12.0 Å². The van der Waals surface area contributed by atoms with Crippen LogP contribution in [0.15, 0.2) is 29.4 Å². The van der Waals surface area contributed by atoms with E-state index < -0.39 is 5.97 Å². The van der Waals surface area contributed by atoms with E-state index in [1.807, 2.05) is 11.1 Å². The van der Waals surface area contributed by atoms with Gasteiger partial charge in [-0.25, -0.2) is 4.79 Å². The number of fused-ring (bicyclic) bond motifs is 2. The zero-order chi connectivity index (χ0) is 24.2. The molecule has 2 aliphatic rings. The molecular formula is C24H28N4O6. The summed E-state index contributed by atoms with van der Waals surface area (Å²) in [5.41, 5.74) is 1.92. The second kappa shape index (κ2) is 9.98. The molecule has 1 N–H and O–H groups in total. The van der Waals surface area contributed by atoms with Gasteiger partial charge in [0, 0.05) is 38.5 Å². The maximum atomic E-state index is 12.9. The number of rotatable bonds is 8. The van der Waals surface area contributed by atoms with Gasteiger partial charge in [-0.2, -0.15) is 0 Å². The van der Waals surface area contributed by atoms with Crippen LogP contribution in [0, 0.1) is 0 Å². The van der Waals surface area contributed by atoms with Crippen molar-refractivity contribution in [3.8, 4) is 11.5 Å². The highest BCUT2D eigenvalue weighted by atomic mass is 16.5. The SMILES string of the molecule is COC(=O)c1cc(NC(=O)CCCOc2cc3c(cc2OC)C(=O)N2CCC[C@H]2C=N3)cn1C. The Balaban J connectivity index is 1.34. The number of methoxy groups -OCH3 is 2. The third-order valence-corrected chi connectivity index (χ3v) is 5.95. The zero-order valence-electron chi connectivity index (χ0n) is 19.5. The van der Waals surface area contributed by atoms with E-state index in [0.717, 1.165) is 19.4 Å². The summed E-state index contributed by atoms with van der Waals surface area (Å²) < 4.78 is 17.6. The Morgan fingerprint density at radius 2 is 2.03 bits per heavy atom. The number of hydrogen-bond acceptors (Lipinski definition) is 7. The Morgan fingerprint density at radius 1 is 1.21 bits per heavy atom. The third kappa shape index (κ3) is 4.75. The van der Waals surface area contributed by atoms with Crippen LogP contribution >= 0.6 is 0 Å². The molecule has 10 nitrogen and oxygen atoms in total. The molecule has 0 unspecified atom stereocenters. The van der Waals surface area contributed by atoms with Gasteiger partial charge in [-0.15, -0.1) is 0 Å². The number of hydrogen-bond donors (Lipinski definition) is 1. The van der Waals surface area contributed by atoms with E-state index in [4.69, 9.17) is 14.2 Å². The van der Waals surface area contributed by atoms with Crippen LogP contribution in [0.4, 0.5) is 11.4 Å². The van der Waals surface area contributed by atoms with Gasteiger partial charge in [-0.05, 0) is 31.4 Å². The third-order valence-electron chi connectivity index (χ3n) is 5.95. The molecule has 0 saturated carbocycles. The molecule has 4 rings (SSSR count). The summed E-state index contributed by atoms with van der Waals surface area (Å²) in [4.78, 5) is 43.3. The minimum Gasteiger partial charge on any atom is -0.493 e. The topological polar surface area (TPSA) is 111 Å². The van der Waals surface area contributed by atoms with E-state index in [1.165, 1.54) is 14.2 Å². The van der Waals surface area contributed by atoms with Crippen molar-refractivity contribution >= 4 is 35.4 Å². The Labute approximate surface area is 197 Å². The van der Waals surface area contributed by atoms with Crippen molar-refractivity contribution in [3.63, 3.8) is 0 Å². The number of aliphatic imine (C=N–C) groups is 1. The Bertz CT molecular complexity index is 1140. The Kier molecular flexibility index (Phi) is 6.85. The van der Waals surface area contributed by atoms with Crippen molar-refractivity contribution in [2.45, 2.75) is 31.7 Å². The zero-order valence-corrected chi connectivity index (χ0v) is 19.5. The van der Waals surface area contributed by atoms with Crippen LogP contribution in [-0.2, 0) is 16.6 Å². The number of benzene rings is 1. The molecule has 0 bridgehead atoms. The van der Waals surface area contributed by atoms with Crippen molar-refractivity contribution < 1.29 is 28.6 Å². The molecule has 1 aromatic heterocycles. The van der Waals surface area contributed by atoms with E-state index in [-0.39, 0.29) is 30.9 Å². The normalized spacial score (nSPS) is 16.5. The van der Waals surface area contributed by atoms with Gasteiger partial charge in [0.1, 0.15) is 5.69 Å². The monoisotopic (exact) mass is 468 g/mol. The maximum Gasteiger partial charge on any atom is 0.354 e. The lowest BCUT2D eigenvalue weighted by Crippen LogP contribution is -2.35. The van der Waals surface area contributed by atoms with Gasteiger partial charge in [-0.1, -0.05) is 0 Å². The number of carbonyl (C=O) groups is 3. The smallest absolute Gasteiger partial charge is 0.354 e. The number of esters is 1. The summed E-state index contributed by atoms with van der Waals surface area (Å²) in [5.74, 6) is 0.198. The lowest BCUT2D eigenvalue weighted by molar-refractivity contribution is -0.116. The highest BCUT2D eigenvalue weighted by Crippen LogP contribution is 2.38. The van der Waals surface area contributed by atoms with E-state index in [0.29, 0.717) is 40.6 Å². The van der Waals surface area contributed by atoms with Gasteiger partial charge in [0.25, 0.3) is 5.91 Å². The van der Waals surface area contributed by atoms with Gasteiger partial charge in [0.05, 0.1) is 43.8 Å². The van der Waals surface area contributed by atoms with Crippen molar-refractivity contribution in [3.05, 3.63) is 35.7 Å². The van der Waals surface area contributed by atoms with Crippen LogP contribution in [0.25, 0.3) is 0 Å². The second-order valence-electron chi connectivity index (χ2n) is 8.22. The van der Waals surface area contributed by atoms with Gasteiger partial charge >= 0.3 is 5.97 Å². The van der Waals surface area contributed by atoms with Crippen LogP contribution in [-0.4, -0.2) is 66.9 Å². The molecule has 180 valence electrons. The van der Waals surface area contributed by atoms with Gasteiger partial charge in [-0.3, -0.25) is 14.6 Å². The first-order valence-electron chi connectivity index (χ1n) is 11.2. The Morgan fingerprint density at radius 3 is 2.79 bits per heavy atom. The number of nitrogens with zero attached hydrogens (tertiary/aromatic N) is 3. The van der Waals surface area contributed by atoms with Crippen LogP contribution in [0.2, 0.25) is 0 Å². The fourth-order valence-electron chi connectivity index (χ4n) is 4.20. The molecule has 0 radical (unpaired) electrons. The molecular weight excluding hydrogens is 440 g/mol. The maximum absolute atomic E-state index is 12.9. The molecule has 1 atom stereocenters. The highest BCUT2D eigenvalue weighted by molar-refractivity contribution is 6.03. The fraction of sp³-hybridized carbons (Fsp3) is 0.417. The van der Waals surface area contributed by atoms with Crippen molar-refractivity contribution in [1.29, 1.82) is 0 Å². The second-order valence-corrected chi connectivity index (χ2v) is 8.22. The molecule has 3 heterocycles. The average molecular weight is 469 g/mol. The minimum atomic E-state index is -0.475. The molecule has 1 fully saturated rings. The minimum absolute atomic E-state index is 0.0297. The number of aryl methyl sites for hydroxylation is 1. The summed E-state index contributed by atoms with van der Waals surface area (Å²) in [7, 11) is 4.53. The van der Waals surface area contributed by atoms with E-state index >= 15 is 0 Å². The largest absolute Gasteiger partial charge is 0.493 e. The van der Waals surface area contributed by atoms with Gasteiger partial charge in [0.2, 0.25) is 5.91 Å². The van der Waals surface area contributed by atoms with Gasteiger partial charge in [0.15, 0.2) is 11.5 Å². The number of carbonyl (C=O) groups excluding carboxylic acids is 3.